The van der Waals surface area contributed by atoms with Gasteiger partial charge in [-0.2, -0.15) is 0 Å². The molecule has 0 aromatic carbocycles. The number of rotatable bonds is 1. The quantitative estimate of drug-likeness (QED) is 0.546. The lowest BCUT2D eigenvalue weighted by Crippen LogP contribution is -2.16. The average molecular weight is 141 g/mol. The summed E-state index contributed by atoms with van der Waals surface area (Å²) in [5.74, 6) is 1.74. The van der Waals surface area contributed by atoms with Gasteiger partial charge in [-0.15, -0.1) is 0 Å². The molecule has 1 heterocycles. The Kier molecular flexibility index (Phi) is 2.72. The summed E-state index contributed by atoms with van der Waals surface area (Å²) in [6, 6.07) is 0. The molecule has 1 aliphatic rings. The third kappa shape index (κ3) is 1.72. The normalized spacial score (nSPS) is 25.8. The van der Waals surface area contributed by atoms with Gasteiger partial charge in [-0.25, -0.2) is 0 Å². The Labute approximate surface area is 62.3 Å². The van der Waals surface area contributed by atoms with Crippen molar-refractivity contribution >= 4 is 5.90 Å². The van der Waals surface area contributed by atoms with Crippen LogP contribution in [-0.4, -0.2) is 19.6 Å². The number of hydrogen-bond donors (Lipinski definition) is 0. The van der Waals surface area contributed by atoms with E-state index in [9.17, 15) is 0 Å². The van der Waals surface area contributed by atoms with Crippen molar-refractivity contribution in [3.05, 3.63) is 0 Å². The van der Waals surface area contributed by atoms with E-state index in [-0.39, 0.29) is 0 Å². The summed E-state index contributed by atoms with van der Waals surface area (Å²) < 4.78 is 5.03. The van der Waals surface area contributed by atoms with Gasteiger partial charge in [0.1, 0.15) is 0 Å². The van der Waals surface area contributed by atoms with Crippen molar-refractivity contribution in [2.75, 3.05) is 13.7 Å². The van der Waals surface area contributed by atoms with Crippen molar-refractivity contribution in [1.82, 2.24) is 0 Å². The molecule has 0 aliphatic carbocycles. The molecule has 0 amide bonds. The van der Waals surface area contributed by atoms with Crippen LogP contribution in [0.2, 0.25) is 0 Å². The van der Waals surface area contributed by atoms with Gasteiger partial charge >= 0.3 is 0 Å². The monoisotopic (exact) mass is 141 g/mol. The molecule has 2 nitrogen and oxygen atoms in total. The van der Waals surface area contributed by atoms with Crippen molar-refractivity contribution in [2.45, 2.75) is 26.2 Å². The minimum atomic E-state index is 0.805. The molecule has 0 saturated carbocycles. The molecule has 0 N–H and O–H groups in total. The molecule has 1 aliphatic heterocycles. The highest BCUT2D eigenvalue weighted by Crippen LogP contribution is 2.16. The van der Waals surface area contributed by atoms with Crippen molar-refractivity contribution in [2.24, 2.45) is 10.9 Å². The Morgan fingerprint density at radius 2 is 2.50 bits per heavy atom. The molecule has 1 atom stereocenters. The topological polar surface area (TPSA) is 21.6 Å². The Morgan fingerprint density at radius 1 is 1.70 bits per heavy atom. The first-order valence-electron chi connectivity index (χ1n) is 3.94. The highest BCUT2D eigenvalue weighted by molar-refractivity contribution is 5.76. The van der Waals surface area contributed by atoms with E-state index in [0.29, 0.717) is 0 Å². The second kappa shape index (κ2) is 3.59. The number of ether oxygens (including phenoxy) is 1. The fourth-order valence-electron chi connectivity index (χ4n) is 1.23. The summed E-state index contributed by atoms with van der Waals surface area (Å²) in [5, 5.41) is 0. The molecule has 0 aromatic heterocycles. The largest absolute Gasteiger partial charge is 0.484 e. The second-order valence-electron chi connectivity index (χ2n) is 2.75. The lowest BCUT2D eigenvalue weighted by Gasteiger charge is -2.18. The predicted molar refractivity (Wildman–Crippen MR) is 42.3 cm³/mol. The van der Waals surface area contributed by atoms with Crippen molar-refractivity contribution in [3.8, 4) is 0 Å². The van der Waals surface area contributed by atoms with E-state index in [2.05, 4.69) is 11.9 Å². The van der Waals surface area contributed by atoms with Crippen molar-refractivity contribution in [3.63, 3.8) is 0 Å². The van der Waals surface area contributed by atoms with E-state index in [0.717, 1.165) is 24.8 Å². The van der Waals surface area contributed by atoms with Crippen LogP contribution in [0.15, 0.2) is 4.99 Å². The van der Waals surface area contributed by atoms with E-state index in [4.69, 9.17) is 4.74 Å². The van der Waals surface area contributed by atoms with E-state index in [1.165, 1.54) is 12.8 Å². The van der Waals surface area contributed by atoms with Crippen LogP contribution >= 0.6 is 0 Å². The molecule has 0 bridgehead atoms. The molecular formula is C8H15NO. The van der Waals surface area contributed by atoms with Gasteiger partial charge in [-0.3, -0.25) is 4.99 Å². The van der Waals surface area contributed by atoms with Gasteiger partial charge in [-0.1, -0.05) is 13.3 Å². The summed E-state index contributed by atoms with van der Waals surface area (Å²) in [6.07, 6.45) is 3.54. The molecule has 0 fully saturated rings. The van der Waals surface area contributed by atoms with Gasteiger partial charge < -0.3 is 4.74 Å². The van der Waals surface area contributed by atoms with Crippen LogP contribution in [0, 0.1) is 5.92 Å². The number of methoxy groups -OCH3 is 1. The Balaban J connectivity index is 2.36. The molecule has 0 saturated heterocycles. The van der Waals surface area contributed by atoms with Crippen molar-refractivity contribution < 1.29 is 4.74 Å². The van der Waals surface area contributed by atoms with Gasteiger partial charge in [0, 0.05) is 13.0 Å². The summed E-state index contributed by atoms with van der Waals surface area (Å²) >= 11 is 0. The Hall–Kier alpha value is -0.530. The maximum Gasteiger partial charge on any atom is 0.182 e. The highest BCUT2D eigenvalue weighted by Gasteiger charge is 2.13. The SMILES string of the molecule is CCC1CCC(OC)=NC1. The third-order valence-corrected chi connectivity index (χ3v) is 2.11. The maximum absolute atomic E-state index is 5.03. The van der Waals surface area contributed by atoms with Gasteiger partial charge in [0.25, 0.3) is 0 Å². The molecule has 1 unspecified atom stereocenters. The minimum Gasteiger partial charge on any atom is -0.484 e. The first-order valence-corrected chi connectivity index (χ1v) is 3.94. The van der Waals surface area contributed by atoms with Crippen LogP contribution in [0.4, 0.5) is 0 Å². The number of hydrogen-bond acceptors (Lipinski definition) is 2. The molecule has 0 aromatic rings. The van der Waals surface area contributed by atoms with Crippen LogP contribution < -0.4 is 0 Å². The predicted octanol–water partition coefficient (Wildman–Crippen LogP) is 1.85. The molecule has 2 heteroatoms. The lowest BCUT2D eigenvalue weighted by atomic mass is 9.98. The van der Waals surface area contributed by atoms with E-state index in [1.807, 2.05) is 0 Å². The minimum absolute atomic E-state index is 0.805. The third-order valence-electron chi connectivity index (χ3n) is 2.11. The molecule has 1 rings (SSSR count). The van der Waals surface area contributed by atoms with Gasteiger partial charge in [0.05, 0.1) is 7.11 Å². The molecular weight excluding hydrogens is 126 g/mol. The summed E-state index contributed by atoms with van der Waals surface area (Å²) in [5.41, 5.74) is 0. The summed E-state index contributed by atoms with van der Waals surface area (Å²) in [7, 11) is 1.70. The maximum atomic E-state index is 5.03. The number of nitrogens with zero attached hydrogens (tertiary/aromatic N) is 1. The van der Waals surface area contributed by atoms with Crippen LogP contribution in [0.3, 0.4) is 0 Å². The highest BCUT2D eigenvalue weighted by atomic mass is 16.5. The second-order valence-corrected chi connectivity index (χ2v) is 2.75. The van der Waals surface area contributed by atoms with Crippen LogP contribution in [0.25, 0.3) is 0 Å². The van der Waals surface area contributed by atoms with Gasteiger partial charge in [0.2, 0.25) is 0 Å². The molecule has 58 valence electrons. The molecule has 10 heavy (non-hydrogen) atoms. The van der Waals surface area contributed by atoms with E-state index < -0.39 is 0 Å². The van der Waals surface area contributed by atoms with Crippen LogP contribution in [-0.2, 0) is 4.74 Å². The summed E-state index contributed by atoms with van der Waals surface area (Å²) in [4.78, 5) is 4.29. The lowest BCUT2D eigenvalue weighted by molar-refractivity contribution is 0.356. The van der Waals surface area contributed by atoms with Crippen LogP contribution in [0.1, 0.15) is 26.2 Å². The number of aliphatic imine (C=N–C) groups is 1. The zero-order chi connectivity index (χ0) is 7.40. The van der Waals surface area contributed by atoms with Gasteiger partial charge in [-0.05, 0) is 12.3 Å². The van der Waals surface area contributed by atoms with Gasteiger partial charge in [0.15, 0.2) is 5.90 Å². The average Bonchev–Trinajstić information content (AvgIpc) is 2.05. The summed E-state index contributed by atoms with van der Waals surface area (Å²) in [6.45, 7) is 3.19. The zero-order valence-electron chi connectivity index (χ0n) is 6.76. The fraction of sp³-hybridized carbons (Fsp3) is 0.875. The van der Waals surface area contributed by atoms with E-state index in [1.54, 1.807) is 7.11 Å². The fourth-order valence-corrected chi connectivity index (χ4v) is 1.23. The smallest absolute Gasteiger partial charge is 0.182 e. The standard InChI is InChI=1S/C8H15NO/c1-3-7-4-5-8(10-2)9-6-7/h7H,3-6H2,1-2H3. The first-order chi connectivity index (χ1) is 4.86. The Bertz CT molecular complexity index is 131. The van der Waals surface area contributed by atoms with Crippen molar-refractivity contribution in [1.29, 1.82) is 0 Å². The molecule has 0 radical (unpaired) electrons. The molecule has 0 spiro atoms. The zero-order valence-corrected chi connectivity index (χ0v) is 6.76. The van der Waals surface area contributed by atoms with E-state index >= 15 is 0 Å². The Morgan fingerprint density at radius 3 is 2.90 bits per heavy atom. The van der Waals surface area contributed by atoms with Crippen LogP contribution in [0.5, 0.6) is 0 Å². The first kappa shape index (κ1) is 7.58.